The third kappa shape index (κ3) is 2.97. The molecule has 4 heteroatoms. The van der Waals surface area contributed by atoms with E-state index in [1.165, 1.54) is 0 Å². The highest BCUT2D eigenvalue weighted by atomic mass is 79.9. The van der Waals surface area contributed by atoms with Crippen molar-refractivity contribution in [3.8, 4) is 11.1 Å². The molecule has 0 saturated carbocycles. The van der Waals surface area contributed by atoms with Crippen LogP contribution in [0, 0.1) is 0 Å². The van der Waals surface area contributed by atoms with Gasteiger partial charge in [-0.05, 0) is 29.3 Å². The van der Waals surface area contributed by atoms with Crippen molar-refractivity contribution < 1.29 is 0 Å². The predicted octanol–water partition coefficient (Wildman–Crippen LogP) is 6.25. The zero-order chi connectivity index (χ0) is 12.4. The summed E-state index contributed by atoms with van der Waals surface area (Å²) in [6, 6.07) is 13.5. The number of rotatable bonds is 2. The van der Waals surface area contributed by atoms with Crippen molar-refractivity contribution >= 4 is 50.7 Å². The molecule has 0 fully saturated rings. The first-order valence-corrected chi connectivity index (χ1v) is 6.96. The molecule has 2 rings (SSSR count). The second-order valence-corrected chi connectivity index (χ2v) is 5.90. The topological polar surface area (TPSA) is 0 Å². The number of halogens is 4. The minimum absolute atomic E-state index is 0.573. The lowest BCUT2D eigenvalue weighted by atomic mass is 10.0. The van der Waals surface area contributed by atoms with Gasteiger partial charge in [-0.2, -0.15) is 0 Å². The average molecular weight is 350 g/mol. The maximum Gasteiger partial charge on any atom is 0.134 e. The van der Waals surface area contributed by atoms with E-state index in [1.54, 1.807) is 0 Å². The largest absolute Gasteiger partial charge is 0.134 e. The van der Waals surface area contributed by atoms with Crippen LogP contribution in [0.2, 0.25) is 5.02 Å². The second kappa shape index (κ2) is 5.62. The molecule has 0 atom stereocenters. The van der Waals surface area contributed by atoms with Crippen molar-refractivity contribution in [1.29, 1.82) is 0 Å². The summed E-state index contributed by atoms with van der Waals surface area (Å²) in [5, 5.41) is 0.707. The van der Waals surface area contributed by atoms with Crippen LogP contribution < -0.4 is 0 Å². The summed E-state index contributed by atoms with van der Waals surface area (Å²) in [5.74, 6) is 0. The van der Waals surface area contributed by atoms with Crippen molar-refractivity contribution in [2.75, 3.05) is 0 Å². The first-order chi connectivity index (χ1) is 8.09. The maximum atomic E-state index is 6.00. The van der Waals surface area contributed by atoms with Crippen LogP contribution in [0.5, 0.6) is 0 Å². The van der Waals surface area contributed by atoms with Gasteiger partial charge in [0.15, 0.2) is 0 Å². The minimum atomic E-state index is -0.573. The van der Waals surface area contributed by atoms with Crippen LogP contribution >= 0.6 is 50.7 Å². The maximum absolute atomic E-state index is 6.00. The Morgan fingerprint density at radius 1 is 0.941 bits per heavy atom. The van der Waals surface area contributed by atoms with Crippen molar-refractivity contribution in [1.82, 2.24) is 0 Å². The molecule has 0 bridgehead atoms. The van der Waals surface area contributed by atoms with E-state index in [9.17, 15) is 0 Å². The third-order valence-corrected chi connectivity index (χ3v) is 3.81. The molecular formula is C13H8BrCl3. The van der Waals surface area contributed by atoms with Crippen LogP contribution in [0.25, 0.3) is 11.1 Å². The summed E-state index contributed by atoms with van der Waals surface area (Å²) in [6.45, 7) is 0. The second-order valence-electron chi connectivity index (χ2n) is 3.51. The molecule has 0 spiro atoms. The fraction of sp³-hybridized carbons (Fsp3) is 0.0769. The molecule has 0 heterocycles. The molecular weight excluding hydrogens is 342 g/mol. The SMILES string of the molecule is Clc1ccc(-c2cccc(Br)c2C(Cl)Cl)cc1. The Balaban J connectivity index is 2.59. The van der Waals surface area contributed by atoms with Gasteiger partial charge in [-0.15, -0.1) is 0 Å². The fourth-order valence-corrected chi connectivity index (χ4v) is 3.09. The monoisotopic (exact) mass is 348 g/mol. The van der Waals surface area contributed by atoms with Gasteiger partial charge in [0.1, 0.15) is 4.84 Å². The van der Waals surface area contributed by atoms with Gasteiger partial charge in [0, 0.05) is 15.1 Å². The molecule has 0 aliphatic carbocycles. The first kappa shape index (κ1) is 13.2. The molecule has 0 radical (unpaired) electrons. The zero-order valence-corrected chi connectivity index (χ0v) is 12.5. The van der Waals surface area contributed by atoms with Crippen LogP contribution in [0.15, 0.2) is 46.9 Å². The Kier molecular flexibility index (Phi) is 4.37. The molecule has 2 aromatic rings. The van der Waals surface area contributed by atoms with Crippen LogP contribution in [-0.4, -0.2) is 0 Å². The van der Waals surface area contributed by atoms with Gasteiger partial charge in [-0.25, -0.2) is 0 Å². The summed E-state index contributed by atoms with van der Waals surface area (Å²) >= 11 is 21.3. The Labute approximate surface area is 124 Å². The normalized spacial score (nSPS) is 10.9. The molecule has 0 N–H and O–H groups in total. The molecule has 0 nitrogen and oxygen atoms in total. The van der Waals surface area contributed by atoms with Gasteiger partial charge >= 0.3 is 0 Å². The summed E-state index contributed by atoms with van der Waals surface area (Å²) in [6.07, 6.45) is 0. The van der Waals surface area contributed by atoms with E-state index in [0.717, 1.165) is 21.2 Å². The first-order valence-electron chi connectivity index (χ1n) is 4.92. The zero-order valence-electron chi connectivity index (χ0n) is 8.63. The van der Waals surface area contributed by atoms with Crippen molar-refractivity contribution in [3.05, 3.63) is 57.5 Å². The van der Waals surface area contributed by atoms with Gasteiger partial charge < -0.3 is 0 Å². The van der Waals surface area contributed by atoms with E-state index in [4.69, 9.17) is 34.8 Å². The van der Waals surface area contributed by atoms with Crippen molar-refractivity contribution in [2.24, 2.45) is 0 Å². The molecule has 0 aliphatic rings. The molecule has 0 aromatic heterocycles. The lowest BCUT2D eigenvalue weighted by Gasteiger charge is -2.12. The van der Waals surface area contributed by atoms with Gasteiger partial charge in [0.05, 0.1) is 0 Å². The average Bonchev–Trinajstić information content (AvgIpc) is 2.29. The number of hydrogen-bond donors (Lipinski definition) is 0. The van der Waals surface area contributed by atoms with E-state index in [0.29, 0.717) is 5.02 Å². The standard InChI is InChI=1S/C13H8BrCl3/c14-11-3-1-2-10(12(11)13(16)17)8-4-6-9(15)7-5-8/h1-7,13H. The highest BCUT2D eigenvalue weighted by molar-refractivity contribution is 9.10. The molecule has 0 saturated heterocycles. The van der Waals surface area contributed by atoms with Crippen molar-refractivity contribution in [3.63, 3.8) is 0 Å². The summed E-state index contributed by atoms with van der Waals surface area (Å²) in [4.78, 5) is -0.573. The molecule has 17 heavy (non-hydrogen) atoms. The van der Waals surface area contributed by atoms with E-state index in [-0.39, 0.29) is 0 Å². The number of benzene rings is 2. The number of alkyl halides is 2. The third-order valence-electron chi connectivity index (χ3n) is 2.43. The number of hydrogen-bond acceptors (Lipinski definition) is 0. The van der Waals surface area contributed by atoms with E-state index < -0.39 is 4.84 Å². The molecule has 0 amide bonds. The molecule has 88 valence electrons. The summed E-state index contributed by atoms with van der Waals surface area (Å²) in [5.41, 5.74) is 2.92. The Bertz CT molecular complexity index is 521. The quantitative estimate of drug-likeness (QED) is 0.562. The molecule has 2 aromatic carbocycles. The highest BCUT2D eigenvalue weighted by Crippen LogP contribution is 2.39. The lowest BCUT2D eigenvalue weighted by Crippen LogP contribution is -1.90. The van der Waals surface area contributed by atoms with Gasteiger partial charge in [-0.1, -0.05) is 75.0 Å². The van der Waals surface area contributed by atoms with Crippen molar-refractivity contribution in [2.45, 2.75) is 4.84 Å². The lowest BCUT2D eigenvalue weighted by molar-refractivity contribution is 1.32. The Morgan fingerprint density at radius 2 is 1.59 bits per heavy atom. The highest BCUT2D eigenvalue weighted by Gasteiger charge is 2.14. The Hall–Kier alpha value is -0.210. The minimum Gasteiger partial charge on any atom is -0.1000 e. The molecule has 0 aliphatic heterocycles. The van der Waals surface area contributed by atoms with Crippen LogP contribution in [0.1, 0.15) is 10.4 Å². The summed E-state index contributed by atoms with van der Waals surface area (Å²) in [7, 11) is 0. The Morgan fingerprint density at radius 3 is 2.18 bits per heavy atom. The van der Waals surface area contributed by atoms with Crippen LogP contribution in [0.3, 0.4) is 0 Å². The van der Waals surface area contributed by atoms with Gasteiger partial charge in [0.25, 0.3) is 0 Å². The smallest absolute Gasteiger partial charge is 0.1000 e. The van der Waals surface area contributed by atoms with Gasteiger partial charge in [-0.3, -0.25) is 0 Å². The van der Waals surface area contributed by atoms with Gasteiger partial charge in [0.2, 0.25) is 0 Å². The van der Waals surface area contributed by atoms with Crippen LogP contribution in [0.4, 0.5) is 0 Å². The summed E-state index contributed by atoms with van der Waals surface area (Å²) < 4.78 is 0.903. The van der Waals surface area contributed by atoms with E-state index in [2.05, 4.69) is 15.9 Å². The van der Waals surface area contributed by atoms with E-state index in [1.807, 2.05) is 42.5 Å². The molecule has 0 unspecified atom stereocenters. The predicted molar refractivity (Wildman–Crippen MR) is 79.0 cm³/mol. The fourth-order valence-electron chi connectivity index (χ4n) is 1.64. The van der Waals surface area contributed by atoms with Crippen LogP contribution in [-0.2, 0) is 0 Å². The van der Waals surface area contributed by atoms with E-state index >= 15 is 0 Å².